The molecule has 0 unspecified atom stereocenters. The van der Waals surface area contributed by atoms with Crippen molar-refractivity contribution in [3.05, 3.63) is 34.1 Å². The Bertz CT molecular complexity index is 435. The molecule has 98 valence electrons. The fourth-order valence-electron chi connectivity index (χ4n) is 1.66. The number of carbonyl (C=O) groups excluding carboxylic acids is 1. The molecule has 0 aromatic heterocycles. The molecule has 0 atom stereocenters. The zero-order valence-electron chi connectivity index (χ0n) is 10.0. The van der Waals surface area contributed by atoms with Crippen LogP contribution < -0.4 is 10.6 Å². The van der Waals surface area contributed by atoms with Crippen LogP contribution in [0.4, 0.5) is 4.39 Å². The SMILES string of the molecule is O=C(NCCCNC1CC1)c1cccc(F)c1Br. The van der Waals surface area contributed by atoms with Gasteiger partial charge in [-0.25, -0.2) is 4.39 Å². The van der Waals surface area contributed by atoms with E-state index in [1.807, 2.05) is 0 Å². The third-order valence-electron chi connectivity index (χ3n) is 2.85. The Hall–Kier alpha value is -0.940. The van der Waals surface area contributed by atoms with Crippen LogP contribution in [-0.4, -0.2) is 25.0 Å². The average molecular weight is 315 g/mol. The lowest BCUT2D eigenvalue weighted by Crippen LogP contribution is -2.28. The van der Waals surface area contributed by atoms with Crippen LogP contribution in [0.25, 0.3) is 0 Å². The van der Waals surface area contributed by atoms with Gasteiger partial charge in [0.05, 0.1) is 10.0 Å². The van der Waals surface area contributed by atoms with Gasteiger partial charge in [-0.3, -0.25) is 4.79 Å². The monoisotopic (exact) mass is 314 g/mol. The summed E-state index contributed by atoms with van der Waals surface area (Å²) in [4.78, 5) is 11.8. The van der Waals surface area contributed by atoms with Gasteiger partial charge in [0.25, 0.3) is 5.91 Å². The van der Waals surface area contributed by atoms with Crippen LogP contribution in [0.3, 0.4) is 0 Å². The van der Waals surface area contributed by atoms with Crippen LogP contribution in [0.15, 0.2) is 22.7 Å². The molecule has 5 heteroatoms. The van der Waals surface area contributed by atoms with Crippen LogP contribution in [-0.2, 0) is 0 Å². The molecule has 2 rings (SSSR count). The summed E-state index contributed by atoms with van der Waals surface area (Å²) in [6, 6.07) is 5.15. The van der Waals surface area contributed by atoms with E-state index in [0.29, 0.717) is 18.2 Å². The molecule has 0 saturated heterocycles. The number of hydrogen-bond donors (Lipinski definition) is 2. The molecule has 1 aliphatic rings. The van der Waals surface area contributed by atoms with Crippen LogP contribution >= 0.6 is 15.9 Å². The lowest BCUT2D eigenvalue weighted by atomic mass is 10.2. The fourth-order valence-corrected chi connectivity index (χ4v) is 2.10. The number of nitrogens with one attached hydrogen (secondary N) is 2. The predicted molar refractivity (Wildman–Crippen MR) is 72.1 cm³/mol. The van der Waals surface area contributed by atoms with E-state index >= 15 is 0 Å². The second-order valence-corrected chi connectivity index (χ2v) is 5.23. The van der Waals surface area contributed by atoms with Gasteiger partial charge in [-0.1, -0.05) is 6.07 Å². The van der Waals surface area contributed by atoms with Crippen molar-refractivity contribution in [1.29, 1.82) is 0 Å². The Morgan fingerprint density at radius 1 is 1.39 bits per heavy atom. The van der Waals surface area contributed by atoms with Gasteiger partial charge in [-0.05, 0) is 53.9 Å². The number of amides is 1. The van der Waals surface area contributed by atoms with Gasteiger partial charge < -0.3 is 10.6 Å². The normalized spacial score (nSPS) is 14.6. The first-order chi connectivity index (χ1) is 8.68. The molecule has 18 heavy (non-hydrogen) atoms. The zero-order chi connectivity index (χ0) is 13.0. The average Bonchev–Trinajstić information content (AvgIpc) is 3.16. The Morgan fingerprint density at radius 3 is 2.89 bits per heavy atom. The highest BCUT2D eigenvalue weighted by Crippen LogP contribution is 2.20. The van der Waals surface area contributed by atoms with Crippen LogP contribution in [0.1, 0.15) is 29.6 Å². The second-order valence-electron chi connectivity index (χ2n) is 4.44. The van der Waals surface area contributed by atoms with E-state index in [9.17, 15) is 9.18 Å². The van der Waals surface area contributed by atoms with Crippen molar-refractivity contribution in [2.45, 2.75) is 25.3 Å². The van der Waals surface area contributed by atoms with Crippen LogP contribution in [0.2, 0.25) is 0 Å². The Kier molecular flexibility index (Phi) is 4.72. The lowest BCUT2D eigenvalue weighted by Gasteiger charge is -2.07. The molecule has 1 amide bonds. The minimum absolute atomic E-state index is 0.221. The quantitative estimate of drug-likeness (QED) is 0.792. The molecule has 0 bridgehead atoms. The lowest BCUT2D eigenvalue weighted by molar-refractivity contribution is 0.0952. The molecule has 1 aliphatic carbocycles. The highest BCUT2D eigenvalue weighted by atomic mass is 79.9. The van der Waals surface area contributed by atoms with E-state index in [0.717, 1.165) is 13.0 Å². The van der Waals surface area contributed by atoms with Gasteiger partial charge in [0, 0.05) is 12.6 Å². The van der Waals surface area contributed by atoms with Gasteiger partial charge >= 0.3 is 0 Å². The molecule has 1 fully saturated rings. The standard InChI is InChI=1S/C13H16BrFN2O/c14-12-10(3-1-4-11(12)15)13(18)17-8-2-7-16-9-5-6-9/h1,3-4,9,16H,2,5-8H2,(H,17,18). The summed E-state index contributed by atoms with van der Waals surface area (Å²) in [5.74, 6) is -0.661. The summed E-state index contributed by atoms with van der Waals surface area (Å²) in [6.07, 6.45) is 3.42. The first-order valence-electron chi connectivity index (χ1n) is 6.14. The summed E-state index contributed by atoms with van der Waals surface area (Å²) >= 11 is 3.08. The molecular formula is C13H16BrFN2O. The molecule has 1 aromatic rings. The highest BCUT2D eigenvalue weighted by molar-refractivity contribution is 9.10. The molecular weight excluding hydrogens is 299 g/mol. The third kappa shape index (κ3) is 3.78. The van der Waals surface area contributed by atoms with E-state index in [4.69, 9.17) is 0 Å². The largest absolute Gasteiger partial charge is 0.352 e. The van der Waals surface area contributed by atoms with Gasteiger partial charge in [0.2, 0.25) is 0 Å². The molecule has 0 aliphatic heterocycles. The maximum absolute atomic E-state index is 13.2. The molecule has 1 saturated carbocycles. The third-order valence-corrected chi connectivity index (χ3v) is 3.65. The number of carbonyl (C=O) groups is 1. The smallest absolute Gasteiger partial charge is 0.252 e. The van der Waals surface area contributed by atoms with E-state index in [1.54, 1.807) is 6.07 Å². The minimum Gasteiger partial charge on any atom is -0.352 e. The molecule has 3 nitrogen and oxygen atoms in total. The summed E-state index contributed by atoms with van der Waals surface area (Å²) in [6.45, 7) is 1.51. The number of hydrogen-bond acceptors (Lipinski definition) is 2. The van der Waals surface area contributed by atoms with Crippen LogP contribution in [0.5, 0.6) is 0 Å². The Labute approximate surface area is 114 Å². The number of benzene rings is 1. The highest BCUT2D eigenvalue weighted by Gasteiger charge is 2.19. The molecule has 2 N–H and O–H groups in total. The fraction of sp³-hybridized carbons (Fsp3) is 0.462. The van der Waals surface area contributed by atoms with Gasteiger partial charge in [0.1, 0.15) is 5.82 Å². The zero-order valence-corrected chi connectivity index (χ0v) is 11.6. The number of halogens is 2. The van der Waals surface area contributed by atoms with E-state index in [-0.39, 0.29) is 10.4 Å². The van der Waals surface area contributed by atoms with Crippen molar-refractivity contribution < 1.29 is 9.18 Å². The molecule has 1 aromatic carbocycles. The summed E-state index contributed by atoms with van der Waals surface area (Å²) in [7, 11) is 0. The Morgan fingerprint density at radius 2 is 2.17 bits per heavy atom. The van der Waals surface area contributed by atoms with Gasteiger partial charge in [-0.2, -0.15) is 0 Å². The molecule has 0 heterocycles. The van der Waals surface area contributed by atoms with E-state index in [1.165, 1.54) is 25.0 Å². The first kappa shape index (κ1) is 13.5. The van der Waals surface area contributed by atoms with Crippen molar-refractivity contribution in [2.75, 3.05) is 13.1 Å². The maximum Gasteiger partial charge on any atom is 0.252 e. The predicted octanol–water partition coefficient (Wildman–Crippen LogP) is 2.46. The van der Waals surface area contributed by atoms with E-state index < -0.39 is 5.82 Å². The Balaban J connectivity index is 1.74. The first-order valence-corrected chi connectivity index (χ1v) is 6.93. The van der Waals surface area contributed by atoms with Crippen molar-refractivity contribution in [1.82, 2.24) is 10.6 Å². The molecule has 0 spiro atoms. The maximum atomic E-state index is 13.2. The minimum atomic E-state index is -0.418. The van der Waals surface area contributed by atoms with Crippen molar-refractivity contribution in [3.8, 4) is 0 Å². The van der Waals surface area contributed by atoms with Crippen molar-refractivity contribution >= 4 is 21.8 Å². The summed E-state index contributed by atoms with van der Waals surface area (Å²) < 4.78 is 13.5. The topological polar surface area (TPSA) is 41.1 Å². The molecule has 0 radical (unpaired) electrons. The van der Waals surface area contributed by atoms with Gasteiger partial charge in [-0.15, -0.1) is 0 Å². The van der Waals surface area contributed by atoms with Crippen molar-refractivity contribution in [3.63, 3.8) is 0 Å². The number of rotatable bonds is 6. The summed E-state index contributed by atoms with van der Waals surface area (Å²) in [5, 5.41) is 6.16. The van der Waals surface area contributed by atoms with Crippen molar-refractivity contribution in [2.24, 2.45) is 0 Å². The van der Waals surface area contributed by atoms with Gasteiger partial charge in [0.15, 0.2) is 0 Å². The summed E-state index contributed by atoms with van der Waals surface area (Å²) in [5.41, 5.74) is 0.338. The second kappa shape index (κ2) is 6.29. The van der Waals surface area contributed by atoms with Crippen LogP contribution in [0, 0.1) is 5.82 Å². The van der Waals surface area contributed by atoms with E-state index in [2.05, 4.69) is 26.6 Å².